The number of benzene rings is 2. The fourth-order valence-corrected chi connectivity index (χ4v) is 2.65. The van der Waals surface area contributed by atoms with E-state index >= 15 is 0 Å². The van der Waals surface area contributed by atoms with E-state index in [1.165, 1.54) is 0 Å². The van der Waals surface area contributed by atoms with Crippen molar-refractivity contribution in [3.8, 4) is 5.75 Å². The van der Waals surface area contributed by atoms with Gasteiger partial charge in [-0.25, -0.2) is 0 Å². The van der Waals surface area contributed by atoms with Crippen molar-refractivity contribution in [2.75, 3.05) is 19.8 Å². The zero-order chi connectivity index (χ0) is 17.2. The van der Waals surface area contributed by atoms with E-state index in [2.05, 4.69) is 5.32 Å². The van der Waals surface area contributed by atoms with Crippen LogP contribution in [0.3, 0.4) is 0 Å². The average Bonchev–Trinajstić information content (AvgIpc) is 2.58. The Morgan fingerprint density at radius 2 is 1.88 bits per heavy atom. The molecule has 2 rings (SSSR count). The van der Waals surface area contributed by atoms with Gasteiger partial charge in [-0.2, -0.15) is 0 Å². The number of hydrogen-bond donors (Lipinski definition) is 1. The Bertz CT molecular complexity index is 635. The molecular weight excluding hydrogens is 345 g/mol. The molecule has 0 aromatic heterocycles. The van der Waals surface area contributed by atoms with Gasteiger partial charge in [0.2, 0.25) is 0 Å². The molecule has 0 saturated heterocycles. The highest BCUT2D eigenvalue weighted by molar-refractivity contribution is 6.31. The third-order valence-corrected chi connectivity index (χ3v) is 4.13. The lowest BCUT2D eigenvalue weighted by Crippen LogP contribution is -2.17. The van der Waals surface area contributed by atoms with Gasteiger partial charge in [-0.15, -0.1) is 0 Å². The molecule has 0 spiro atoms. The molecular formula is C19H23Cl2NO2. The Hall–Kier alpha value is -1.26. The molecule has 130 valence electrons. The van der Waals surface area contributed by atoms with Crippen molar-refractivity contribution in [2.24, 2.45) is 0 Å². The van der Waals surface area contributed by atoms with Crippen LogP contribution in [0.15, 0.2) is 42.5 Å². The number of ether oxygens (including phenoxy) is 2. The predicted molar refractivity (Wildman–Crippen MR) is 100 cm³/mol. The first-order chi connectivity index (χ1) is 11.7. The van der Waals surface area contributed by atoms with E-state index in [1.54, 1.807) is 0 Å². The standard InChI is InChI=1S/C19H23Cl2NO2/c1-2-23-11-5-10-22-13-16-12-17(20)8-9-19(16)24-14-15-6-3-4-7-18(15)21/h3-4,6-9,12,22H,2,5,10-11,13-14H2,1H3. The van der Waals surface area contributed by atoms with Gasteiger partial charge in [-0.1, -0.05) is 41.4 Å². The van der Waals surface area contributed by atoms with Crippen LogP contribution in [0.4, 0.5) is 0 Å². The Kier molecular flexibility index (Phi) is 8.40. The minimum atomic E-state index is 0.429. The Balaban J connectivity index is 1.91. The third-order valence-electron chi connectivity index (χ3n) is 3.53. The van der Waals surface area contributed by atoms with Crippen LogP contribution in [-0.2, 0) is 17.9 Å². The predicted octanol–water partition coefficient (Wildman–Crippen LogP) is 5.09. The molecule has 0 aliphatic carbocycles. The van der Waals surface area contributed by atoms with Crippen LogP contribution in [0.5, 0.6) is 5.75 Å². The van der Waals surface area contributed by atoms with E-state index in [-0.39, 0.29) is 0 Å². The average molecular weight is 368 g/mol. The summed E-state index contributed by atoms with van der Waals surface area (Å²) in [4.78, 5) is 0. The van der Waals surface area contributed by atoms with Crippen LogP contribution in [0.25, 0.3) is 0 Å². The highest BCUT2D eigenvalue weighted by Crippen LogP contribution is 2.25. The molecule has 2 aromatic carbocycles. The molecule has 0 aliphatic heterocycles. The summed E-state index contributed by atoms with van der Waals surface area (Å²) in [6.45, 7) is 5.55. The molecule has 0 bridgehead atoms. The zero-order valence-electron chi connectivity index (χ0n) is 13.9. The molecule has 0 saturated carbocycles. The minimum Gasteiger partial charge on any atom is -0.489 e. The number of rotatable bonds is 10. The molecule has 0 unspecified atom stereocenters. The second-order valence-corrected chi connectivity index (χ2v) is 6.20. The maximum Gasteiger partial charge on any atom is 0.124 e. The molecule has 0 aliphatic rings. The first-order valence-corrected chi connectivity index (χ1v) is 8.89. The zero-order valence-corrected chi connectivity index (χ0v) is 15.4. The van der Waals surface area contributed by atoms with Gasteiger partial charge in [0.25, 0.3) is 0 Å². The maximum absolute atomic E-state index is 6.17. The lowest BCUT2D eigenvalue weighted by molar-refractivity contribution is 0.144. The highest BCUT2D eigenvalue weighted by atomic mass is 35.5. The monoisotopic (exact) mass is 367 g/mol. The maximum atomic E-state index is 6.17. The fourth-order valence-electron chi connectivity index (χ4n) is 2.26. The van der Waals surface area contributed by atoms with Crippen LogP contribution >= 0.6 is 23.2 Å². The second-order valence-electron chi connectivity index (χ2n) is 5.36. The molecule has 0 radical (unpaired) electrons. The molecule has 3 nitrogen and oxygen atoms in total. The van der Waals surface area contributed by atoms with Gasteiger partial charge < -0.3 is 14.8 Å². The van der Waals surface area contributed by atoms with Crippen molar-refractivity contribution in [2.45, 2.75) is 26.5 Å². The van der Waals surface area contributed by atoms with Crippen LogP contribution < -0.4 is 10.1 Å². The smallest absolute Gasteiger partial charge is 0.124 e. The minimum absolute atomic E-state index is 0.429. The SMILES string of the molecule is CCOCCCNCc1cc(Cl)ccc1OCc1ccccc1Cl. The summed E-state index contributed by atoms with van der Waals surface area (Å²) in [6.07, 6.45) is 0.976. The summed E-state index contributed by atoms with van der Waals surface area (Å²) in [7, 11) is 0. The van der Waals surface area contributed by atoms with Crippen molar-refractivity contribution in [3.05, 3.63) is 63.6 Å². The number of hydrogen-bond acceptors (Lipinski definition) is 3. The quantitative estimate of drug-likeness (QED) is 0.593. The van der Waals surface area contributed by atoms with Crippen molar-refractivity contribution >= 4 is 23.2 Å². The second kappa shape index (κ2) is 10.6. The van der Waals surface area contributed by atoms with Gasteiger partial charge in [-0.3, -0.25) is 0 Å². The summed E-state index contributed by atoms with van der Waals surface area (Å²) in [6, 6.07) is 13.4. The van der Waals surface area contributed by atoms with Crippen LogP contribution in [0.2, 0.25) is 10.0 Å². The number of nitrogens with one attached hydrogen (secondary N) is 1. The van der Waals surface area contributed by atoms with Gasteiger partial charge in [0.05, 0.1) is 0 Å². The largest absolute Gasteiger partial charge is 0.489 e. The summed E-state index contributed by atoms with van der Waals surface area (Å²) < 4.78 is 11.3. The normalized spacial score (nSPS) is 10.8. The third kappa shape index (κ3) is 6.33. The molecule has 0 fully saturated rings. The molecule has 0 heterocycles. The van der Waals surface area contributed by atoms with Crippen molar-refractivity contribution in [3.63, 3.8) is 0 Å². The van der Waals surface area contributed by atoms with E-state index in [4.69, 9.17) is 32.7 Å². The Morgan fingerprint density at radius 3 is 2.67 bits per heavy atom. The van der Waals surface area contributed by atoms with E-state index < -0.39 is 0 Å². The van der Waals surface area contributed by atoms with E-state index in [1.807, 2.05) is 49.4 Å². The van der Waals surface area contributed by atoms with E-state index in [0.717, 1.165) is 43.1 Å². The van der Waals surface area contributed by atoms with E-state index in [9.17, 15) is 0 Å². The summed E-state index contributed by atoms with van der Waals surface area (Å²) in [5, 5.41) is 4.80. The van der Waals surface area contributed by atoms with Gasteiger partial charge in [0.15, 0.2) is 0 Å². The van der Waals surface area contributed by atoms with Gasteiger partial charge in [-0.05, 0) is 44.2 Å². The molecule has 0 amide bonds. The molecule has 24 heavy (non-hydrogen) atoms. The van der Waals surface area contributed by atoms with Gasteiger partial charge in [0, 0.05) is 40.9 Å². The topological polar surface area (TPSA) is 30.5 Å². The van der Waals surface area contributed by atoms with E-state index in [0.29, 0.717) is 23.2 Å². The molecule has 0 atom stereocenters. The van der Waals surface area contributed by atoms with Crippen LogP contribution in [0, 0.1) is 0 Å². The summed E-state index contributed by atoms with van der Waals surface area (Å²) in [5.41, 5.74) is 2.00. The van der Waals surface area contributed by atoms with Crippen molar-refractivity contribution in [1.29, 1.82) is 0 Å². The Morgan fingerprint density at radius 1 is 1.04 bits per heavy atom. The van der Waals surface area contributed by atoms with Crippen molar-refractivity contribution < 1.29 is 9.47 Å². The number of halogens is 2. The van der Waals surface area contributed by atoms with Crippen molar-refractivity contribution in [1.82, 2.24) is 5.32 Å². The molecule has 1 N–H and O–H groups in total. The lowest BCUT2D eigenvalue weighted by atomic mass is 10.2. The first kappa shape index (κ1) is 19.1. The van der Waals surface area contributed by atoms with Gasteiger partial charge in [0.1, 0.15) is 12.4 Å². The van der Waals surface area contributed by atoms with Crippen LogP contribution in [-0.4, -0.2) is 19.8 Å². The Labute approximate surface area is 153 Å². The molecule has 5 heteroatoms. The summed E-state index contributed by atoms with van der Waals surface area (Å²) >= 11 is 12.3. The summed E-state index contributed by atoms with van der Waals surface area (Å²) in [5.74, 6) is 0.816. The van der Waals surface area contributed by atoms with Crippen LogP contribution in [0.1, 0.15) is 24.5 Å². The fraction of sp³-hybridized carbons (Fsp3) is 0.368. The highest BCUT2D eigenvalue weighted by Gasteiger charge is 2.07. The lowest BCUT2D eigenvalue weighted by Gasteiger charge is -2.13. The first-order valence-electron chi connectivity index (χ1n) is 8.13. The molecule has 2 aromatic rings. The van der Waals surface area contributed by atoms with Gasteiger partial charge >= 0.3 is 0 Å².